The van der Waals surface area contributed by atoms with Crippen LogP contribution in [0.1, 0.15) is 199 Å². The molecule has 6 heteroatoms. The Morgan fingerprint density at radius 3 is 0.898 bits per heavy atom. The maximum atomic E-state index is 5.76. The van der Waals surface area contributed by atoms with Crippen LogP contribution in [0.25, 0.3) is 22.8 Å². The number of hydrogen-bond donors (Lipinski definition) is 0. The van der Waals surface area contributed by atoms with Crippen LogP contribution in [-0.2, 0) is 12.8 Å². The minimum Gasteiger partial charge on any atom is -0.490 e. The molecule has 0 saturated carbocycles. The highest BCUT2D eigenvalue weighted by Gasteiger charge is 2.05. The maximum Gasteiger partial charge on any atom is 0.159 e. The Balaban J connectivity index is 0.000000316. The third-order valence-corrected chi connectivity index (χ3v) is 11.1. The highest BCUT2D eigenvalue weighted by atomic mass is 16.5. The van der Waals surface area contributed by atoms with Gasteiger partial charge in [0.2, 0.25) is 0 Å². The fraction of sp³-hybridized carbons (Fsp3) is 0.623. The van der Waals surface area contributed by atoms with Gasteiger partial charge >= 0.3 is 0 Å². The van der Waals surface area contributed by atoms with Crippen molar-refractivity contribution in [3.05, 3.63) is 84.4 Å². The van der Waals surface area contributed by atoms with E-state index in [-0.39, 0.29) is 0 Å². The molecule has 0 aliphatic carbocycles. The summed E-state index contributed by atoms with van der Waals surface area (Å²) in [4.78, 5) is 17.9. The Morgan fingerprint density at radius 1 is 0.322 bits per heavy atom. The molecule has 4 aromatic rings. The molecule has 0 saturated heterocycles. The van der Waals surface area contributed by atoms with Gasteiger partial charge in [0.1, 0.15) is 0 Å². The minimum atomic E-state index is 0.750. The molecule has 4 rings (SSSR count). The smallest absolute Gasteiger partial charge is 0.159 e. The molecular formula is C53H82N4O2. The molecule has 2 aromatic carbocycles. The molecule has 0 unspecified atom stereocenters. The van der Waals surface area contributed by atoms with E-state index in [0.29, 0.717) is 0 Å². The van der Waals surface area contributed by atoms with Crippen LogP contribution in [-0.4, -0.2) is 33.1 Å². The van der Waals surface area contributed by atoms with Gasteiger partial charge in [-0.25, -0.2) is 19.9 Å². The van der Waals surface area contributed by atoms with E-state index in [4.69, 9.17) is 9.47 Å². The Labute approximate surface area is 361 Å². The first kappa shape index (κ1) is 49.6. The van der Waals surface area contributed by atoms with Crippen molar-refractivity contribution in [1.29, 1.82) is 0 Å². The van der Waals surface area contributed by atoms with Gasteiger partial charge < -0.3 is 9.47 Å². The quantitative estimate of drug-likeness (QED) is 0.0447. The van der Waals surface area contributed by atoms with Crippen molar-refractivity contribution in [3.63, 3.8) is 0 Å². The molecule has 0 radical (unpaired) electrons. The molecule has 0 N–H and O–H groups in total. The summed E-state index contributed by atoms with van der Waals surface area (Å²) in [7, 11) is 0. The van der Waals surface area contributed by atoms with Gasteiger partial charge in [-0.2, -0.15) is 0 Å². The zero-order valence-electron chi connectivity index (χ0n) is 38.0. The summed E-state index contributed by atoms with van der Waals surface area (Å²) in [5.41, 5.74) is 4.96. The Bertz CT molecular complexity index is 1520. The van der Waals surface area contributed by atoms with Gasteiger partial charge in [-0.05, 0) is 49.7 Å². The zero-order valence-corrected chi connectivity index (χ0v) is 38.0. The van der Waals surface area contributed by atoms with E-state index in [1.807, 2.05) is 0 Å². The second-order valence-corrected chi connectivity index (χ2v) is 16.5. The van der Waals surface area contributed by atoms with E-state index in [2.05, 4.69) is 96.2 Å². The van der Waals surface area contributed by atoms with Crippen molar-refractivity contribution in [2.75, 3.05) is 13.2 Å². The van der Waals surface area contributed by atoms with Crippen LogP contribution in [0.4, 0.5) is 0 Å². The van der Waals surface area contributed by atoms with Crippen LogP contribution in [0, 0.1) is 0 Å². The van der Waals surface area contributed by atoms with Crippen LogP contribution in [0.3, 0.4) is 0 Å². The largest absolute Gasteiger partial charge is 0.490 e. The number of ether oxygens (including phenoxy) is 2. The lowest BCUT2D eigenvalue weighted by Crippen LogP contribution is -1.99. The van der Waals surface area contributed by atoms with Crippen LogP contribution in [0.15, 0.2) is 73.3 Å². The van der Waals surface area contributed by atoms with Gasteiger partial charge in [-0.3, -0.25) is 0 Å². The first-order chi connectivity index (χ1) is 29.2. The average molecular weight is 807 g/mol. The van der Waals surface area contributed by atoms with Crippen LogP contribution < -0.4 is 9.47 Å². The minimum absolute atomic E-state index is 0.750. The summed E-state index contributed by atoms with van der Waals surface area (Å²) in [6, 6.07) is 17.4. The molecule has 326 valence electrons. The number of aryl methyl sites for hydroxylation is 2. The lowest BCUT2D eigenvalue weighted by Gasteiger charge is -2.07. The average Bonchev–Trinajstić information content (AvgIpc) is 3.28. The van der Waals surface area contributed by atoms with Gasteiger partial charge in [-0.15, -0.1) is 0 Å². The van der Waals surface area contributed by atoms with Gasteiger partial charge in [0.15, 0.2) is 23.1 Å². The number of nitrogens with zero attached hydrogens (tertiary/aromatic N) is 4. The first-order valence-electron chi connectivity index (χ1n) is 24.2. The molecular weight excluding hydrogens is 725 g/mol. The molecule has 2 heterocycles. The van der Waals surface area contributed by atoms with E-state index in [1.54, 1.807) is 24.8 Å². The third kappa shape index (κ3) is 23.5. The van der Waals surface area contributed by atoms with Gasteiger partial charge in [-0.1, -0.05) is 211 Å². The Hall–Kier alpha value is -3.80. The van der Waals surface area contributed by atoms with Crippen molar-refractivity contribution in [1.82, 2.24) is 19.9 Å². The second-order valence-electron chi connectivity index (χ2n) is 16.5. The van der Waals surface area contributed by atoms with Gasteiger partial charge in [0.25, 0.3) is 0 Å². The Morgan fingerprint density at radius 2 is 0.593 bits per heavy atom. The van der Waals surface area contributed by atoms with Crippen LogP contribution in [0.5, 0.6) is 11.5 Å². The number of benzene rings is 2. The van der Waals surface area contributed by atoms with Crippen molar-refractivity contribution in [2.24, 2.45) is 0 Å². The number of unbranched alkanes of at least 4 members (excludes halogenated alkanes) is 21. The van der Waals surface area contributed by atoms with E-state index in [9.17, 15) is 0 Å². The molecule has 0 amide bonds. The molecule has 0 aliphatic heterocycles. The zero-order chi connectivity index (χ0) is 41.9. The highest BCUT2D eigenvalue weighted by molar-refractivity contribution is 5.56. The lowest BCUT2D eigenvalue weighted by atomic mass is 10.0. The molecule has 59 heavy (non-hydrogen) atoms. The van der Waals surface area contributed by atoms with Gasteiger partial charge in [0, 0.05) is 11.1 Å². The SMILES string of the molecule is CCCCCCCCCCc1ccc(-c2ncc(OCCCCCCC)cn2)cc1.CCCCCCCCCc1ccc(-c2ncc(OCCCCCCC)cn2)cc1. The maximum absolute atomic E-state index is 5.76. The standard InChI is InChI=1S/C27H42N2O.C26H40N2O/c1-3-5-7-9-10-11-12-14-16-24-17-19-25(20-18-24)27-28-22-26(23-29-27)30-21-15-13-8-6-4-2;1-3-5-7-9-10-11-13-15-23-16-18-24(19-17-23)26-27-21-25(22-28-26)29-20-14-12-8-6-4-2/h17-20,22-23H,3-16,21H2,1-2H3;16-19,21-22H,3-15,20H2,1-2H3. The van der Waals surface area contributed by atoms with Crippen LogP contribution >= 0.6 is 0 Å². The Kier molecular flexibility index (Phi) is 28.5. The van der Waals surface area contributed by atoms with Crippen molar-refractivity contribution < 1.29 is 9.47 Å². The van der Waals surface area contributed by atoms with E-state index in [1.165, 1.54) is 172 Å². The highest BCUT2D eigenvalue weighted by Crippen LogP contribution is 2.21. The van der Waals surface area contributed by atoms with E-state index >= 15 is 0 Å². The first-order valence-corrected chi connectivity index (χ1v) is 24.2. The summed E-state index contributed by atoms with van der Waals surface area (Å²) in [6.07, 6.45) is 42.4. The van der Waals surface area contributed by atoms with Crippen molar-refractivity contribution in [2.45, 2.75) is 201 Å². The predicted molar refractivity (Wildman–Crippen MR) is 251 cm³/mol. The second kappa shape index (κ2) is 34.0. The monoisotopic (exact) mass is 807 g/mol. The normalized spacial score (nSPS) is 11.0. The third-order valence-electron chi connectivity index (χ3n) is 11.1. The fourth-order valence-electron chi connectivity index (χ4n) is 7.26. The fourth-order valence-corrected chi connectivity index (χ4v) is 7.26. The van der Waals surface area contributed by atoms with E-state index < -0.39 is 0 Å². The molecule has 0 atom stereocenters. The summed E-state index contributed by atoms with van der Waals surface area (Å²) in [6.45, 7) is 10.5. The summed E-state index contributed by atoms with van der Waals surface area (Å²) < 4.78 is 11.5. The number of aromatic nitrogens is 4. The summed E-state index contributed by atoms with van der Waals surface area (Å²) in [5, 5.41) is 0. The molecule has 2 aromatic heterocycles. The van der Waals surface area contributed by atoms with Gasteiger partial charge in [0.05, 0.1) is 38.0 Å². The number of hydrogen-bond acceptors (Lipinski definition) is 6. The molecule has 6 nitrogen and oxygen atoms in total. The summed E-state index contributed by atoms with van der Waals surface area (Å²) >= 11 is 0. The molecule has 0 fully saturated rings. The topological polar surface area (TPSA) is 70.0 Å². The van der Waals surface area contributed by atoms with Crippen LogP contribution in [0.2, 0.25) is 0 Å². The van der Waals surface area contributed by atoms with Crippen molar-refractivity contribution >= 4 is 0 Å². The van der Waals surface area contributed by atoms with E-state index in [0.717, 1.165) is 60.3 Å². The molecule has 0 spiro atoms. The van der Waals surface area contributed by atoms with Crippen molar-refractivity contribution in [3.8, 4) is 34.3 Å². The molecule has 0 aliphatic rings. The summed E-state index contributed by atoms with van der Waals surface area (Å²) in [5.74, 6) is 3.06. The predicted octanol–water partition coefficient (Wildman–Crippen LogP) is 16.0. The lowest BCUT2D eigenvalue weighted by molar-refractivity contribution is 0.302. The molecule has 0 bridgehead atoms. The number of rotatable bonds is 33.